The number of para-hydroxylation sites is 1. The molecular formula is C20H16N4O2. The molecule has 2 N–H and O–H groups in total. The monoisotopic (exact) mass is 344 g/mol. The first-order valence-corrected chi connectivity index (χ1v) is 8.09. The van der Waals surface area contributed by atoms with Gasteiger partial charge in [-0.3, -0.25) is 14.9 Å². The lowest BCUT2D eigenvalue weighted by Crippen LogP contribution is -2.26. The highest BCUT2D eigenvalue weighted by atomic mass is 16.3. The van der Waals surface area contributed by atoms with Crippen LogP contribution in [-0.4, -0.2) is 33.2 Å². The van der Waals surface area contributed by atoms with E-state index in [1.807, 2.05) is 36.4 Å². The van der Waals surface area contributed by atoms with Crippen molar-refractivity contribution in [2.75, 3.05) is 11.9 Å². The van der Waals surface area contributed by atoms with E-state index in [9.17, 15) is 9.90 Å². The number of H-pyrrole nitrogens is 1. The summed E-state index contributed by atoms with van der Waals surface area (Å²) in [5, 5.41) is 17.4. The number of hydrogen-bond acceptors (Lipinski definition) is 4. The number of carbonyl (C=O) groups is 1. The van der Waals surface area contributed by atoms with E-state index in [0.29, 0.717) is 5.69 Å². The number of benzene rings is 2. The van der Waals surface area contributed by atoms with Crippen LogP contribution >= 0.6 is 0 Å². The first kappa shape index (κ1) is 15.8. The highest BCUT2D eigenvalue weighted by Crippen LogP contribution is 2.31. The van der Waals surface area contributed by atoms with Gasteiger partial charge in [-0.05, 0) is 30.3 Å². The number of aromatic hydroxyl groups is 1. The predicted molar refractivity (Wildman–Crippen MR) is 100 cm³/mol. The Labute approximate surface area is 149 Å². The number of amides is 1. The van der Waals surface area contributed by atoms with Crippen molar-refractivity contribution in [1.29, 1.82) is 0 Å². The lowest BCUT2D eigenvalue weighted by atomic mass is 10.0. The Morgan fingerprint density at radius 3 is 2.73 bits per heavy atom. The Hall–Kier alpha value is -3.67. The lowest BCUT2D eigenvalue weighted by Gasteiger charge is -2.17. The molecule has 4 aromatic rings. The predicted octanol–water partition coefficient (Wildman–Crippen LogP) is 3.61. The average molecular weight is 344 g/mol. The Kier molecular flexibility index (Phi) is 3.85. The van der Waals surface area contributed by atoms with Gasteiger partial charge in [-0.15, -0.1) is 0 Å². The number of anilines is 1. The number of fused-ring (bicyclic) bond motifs is 1. The van der Waals surface area contributed by atoms with Crippen LogP contribution in [0, 0.1) is 0 Å². The highest BCUT2D eigenvalue weighted by molar-refractivity contribution is 6.05. The van der Waals surface area contributed by atoms with Gasteiger partial charge in [0.15, 0.2) is 0 Å². The molecule has 128 valence electrons. The third-order valence-electron chi connectivity index (χ3n) is 4.31. The molecule has 0 spiro atoms. The summed E-state index contributed by atoms with van der Waals surface area (Å²) in [6, 6.07) is 16.4. The zero-order valence-corrected chi connectivity index (χ0v) is 14.0. The fraction of sp³-hybridized carbons (Fsp3) is 0.0500. The van der Waals surface area contributed by atoms with Crippen LogP contribution < -0.4 is 4.90 Å². The van der Waals surface area contributed by atoms with Crippen LogP contribution in [-0.2, 0) is 0 Å². The van der Waals surface area contributed by atoms with Crippen molar-refractivity contribution in [3.8, 4) is 16.9 Å². The molecule has 2 aromatic carbocycles. The van der Waals surface area contributed by atoms with E-state index in [0.717, 1.165) is 27.7 Å². The number of hydrogen-bond donors (Lipinski definition) is 2. The Morgan fingerprint density at radius 1 is 1.12 bits per heavy atom. The van der Waals surface area contributed by atoms with Crippen LogP contribution in [0.4, 0.5) is 5.69 Å². The van der Waals surface area contributed by atoms with Gasteiger partial charge in [0.25, 0.3) is 5.91 Å². The van der Waals surface area contributed by atoms with Crippen LogP contribution in [0.5, 0.6) is 5.75 Å². The molecule has 0 aliphatic carbocycles. The molecule has 6 heteroatoms. The van der Waals surface area contributed by atoms with Crippen molar-refractivity contribution in [2.24, 2.45) is 0 Å². The van der Waals surface area contributed by atoms with Gasteiger partial charge in [0.2, 0.25) is 0 Å². The quantitative estimate of drug-likeness (QED) is 0.595. The van der Waals surface area contributed by atoms with E-state index >= 15 is 0 Å². The summed E-state index contributed by atoms with van der Waals surface area (Å²) in [6.07, 6.45) is 3.27. The number of nitrogens with zero attached hydrogens (tertiary/aromatic N) is 3. The molecule has 26 heavy (non-hydrogen) atoms. The minimum Gasteiger partial charge on any atom is -0.507 e. The molecule has 2 aromatic heterocycles. The van der Waals surface area contributed by atoms with Crippen molar-refractivity contribution in [3.05, 3.63) is 72.7 Å². The van der Waals surface area contributed by atoms with E-state index in [-0.39, 0.29) is 11.7 Å². The molecule has 2 heterocycles. The summed E-state index contributed by atoms with van der Waals surface area (Å²) in [4.78, 5) is 18.5. The highest BCUT2D eigenvalue weighted by Gasteiger charge is 2.15. The second kappa shape index (κ2) is 6.33. The molecule has 0 unspecified atom stereocenters. The number of phenols is 1. The van der Waals surface area contributed by atoms with E-state index < -0.39 is 0 Å². The number of pyridine rings is 1. The summed E-state index contributed by atoms with van der Waals surface area (Å²) in [7, 11) is 1.71. The Balaban J connectivity index is 1.69. The normalized spacial score (nSPS) is 10.8. The molecule has 0 saturated heterocycles. The summed E-state index contributed by atoms with van der Waals surface area (Å²) < 4.78 is 0. The SMILES string of the molecule is CN(C(=O)c1ccn[nH]1)c1ccc2cc(-c3ccccc3O)cnc2c1. The molecule has 0 aliphatic heterocycles. The average Bonchev–Trinajstić information content (AvgIpc) is 3.21. The van der Waals surface area contributed by atoms with Crippen molar-refractivity contribution in [3.63, 3.8) is 0 Å². The van der Waals surface area contributed by atoms with Crippen molar-refractivity contribution >= 4 is 22.5 Å². The molecule has 1 amide bonds. The largest absolute Gasteiger partial charge is 0.507 e. The van der Waals surface area contributed by atoms with E-state index in [4.69, 9.17) is 0 Å². The number of nitrogens with one attached hydrogen (secondary N) is 1. The third-order valence-corrected chi connectivity index (χ3v) is 4.31. The number of aromatic nitrogens is 3. The van der Waals surface area contributed by atoms with Gasteiger partial charge < -0.3 is 10.0 Å². The van der Waals surface area contributed by atoms with Gasteiger partial charge in [-0.2, -0.15) is 5.10 Å². The second-order valence-electron chi connectivity index (χ2n) is 5.95. The van der Waals surface area contributed by atoms with Crippen LogP contribution in [0.1, 0.15) is 10.5 Å². The molecule has 0 bridgehead atoms. The summed E-state index contributed by atoms with van der Waals surface area (Å²) in [5.74, 6) is 0.0443. The van der Waals surface area contributed by atoms with Crippen molar-refractivity contribution in [1.82, 2.24) is 15.2 Å². The van der Waals surface area contributed by atoms with Crippen LogP contribution in [0.25, 0.3) is 22.0 Å². The zero-order valence-electron chi connectivity index (χ0n) is 14.0. The summed E-state index contributed by atoms with van der Waals surface area (Å²) in [5.41, 5.74) is 3.50. The van der Waals surface area contributed by atoms with Gasteiger partial charge in [-0.25, -0.2) is 0 Å². The minimum absolute atomic E-state index is 0.173. The summed E-state index contributed by atoms with van der Waals surface area (Å²) in [6.45, 7) is 0. The maximum Gasteiger partial charge on any atom is 0.276 e. The number of carbonyl (C=O) groups excluding carboxylic acids is 1. The van der Waals surface area contributed by atoms with Crippen LogP contribution in [0.2, 0.25) is 0 Å². The van der Waals surface area contributed by atoms with Gasteiger partial charge in [-0.1, -0.05) is 24.3 Å². The molecule has 4 rings (SSSR count). The van der Waals surface area contributed by atoms with Gasteiger partial charge in [0, 0.05) is 41.6 Å². The van der Waals surface area contributed by atoms with Crippen molar-refractivity contribution < 1.29 is 9.90 Å². The Bertz CT molecular complexity index is 1090. The lowest BCUT2D eigenvalue weighted by molar-refractivity contribution is 0.0988. The number of phenolic OH excluding ortho intramolecular Hbond substituents is 1. The number of rotatable bonds is 3. The van der Waals surface area contributed by atoms with Crippen molar-refractivity contribution in [2.45, 2.75) is 0 Å². The standard InChI is InChI=1S/C20H16N4O2/c1-24(20(26)17-8-9-22-23-17)15-7-6-13-10-14(12-21-18(13)11-15)16-4-2-3-5-19(16)25/h2-12,25H,1H3,(H,22,23). The molecule has 0 atom stereocenters. The van der Waals surface area contributed by atoms with Crippen LogP contribution in [0.15, 0.2) is 67.0 Å². The maximum atomic E-state index is 12.4. The van der Waals surface area contributed by atoms with E-state index in [1.165, 1.54) is 0 Å². The fourth-order valence-electron chi connectivity index (χ4n) is 2.86. The molecule has 0 saturated carbocycles. The first-order chi connectivity index (χ1) is 12.6. The minimum atomic E-state index is -0.173. The zero-order chi connectivity index (χ0) is 18.1. The molecular weight excluding hydrogens is 328 g/mol. The second-order valence-corrected chi connectivity index (χ2v) is 5.95. The molecule has 0 aliphatic rings. The van der Waals surface area contributed by atoms with Gasteiger partial charge in [0.1, 0.15) is 11.4 Å². The third kappa shape index (κ3) is 2.77. The molecule has 6 nitrogen and oxygen atoms in total. The number of aromatic amines is 1. The first-order valence-electron chi connectivity index (χ1n) is 8.09. The maximum absolute atomic E-state index is 12.4. The Morgan fingerprint density at radius 2 is 1.96 bits per heavy atom. The summed E-state index contributed by atoms with van der Waals surface area (Å²) >= 11 is 0. The molecule has 0 fully saturated rings. The van der Waals surface area contributed by atoms with Gasteiger partial charge >= 0.3 is 0 Å². The fourth-order valence-corrected chi connectivity index (χ4v) is 2.86. The smallest absolute Gasteiger partial charge is 0.276 e. The topological polar surface area (TPSA) is 82.1 Å². The van der Waals surface area contributed by atoms with E-state index in [1.54, 1.807) is 42.5 Å². The van der Waals surface area contributed by atoms with Gasteiger partial charge in [0.05, 0.1) is 5.52 Å². The van der Waals surface area contributed by atoms with Crippen LogP contribution in [0.3, 0.4) is 0 Å². The molecule has 0 radical (unpaired) electrons. The van der Waals surface area contributed by atoms with E-state index in [2.05, 4.69) is 15.2 Å².